The van der Waals surface area contributed by atoms with Crippen molar-refractivity contribution in [3.8, 4) is 17.2 Å². The summed E-state index contributed by atoms with van der Waals surface area (Å²) in [6, 6.07) is 14.4. The maximum Gasteiger partial charge on any atom is 0.275 e. The molecule has 0 bridgehead atoms. The smallest absolute Gasteiger partial charge is 0.275 e. The minimum atomic E-state index is -0.336. The molecule has 3 rings (SSSR count). The topological polar surface area (TPSA) is 94.6 Å². The quantitative estimate of drug-likeness (QED) is 0.538. The molecule has 8 heteroatoms. The van der Waals surface area contributed by atoms with E-state index in [-0.39, 0.29) is 11.6 Å². The molecule has 1 aromatic heterocycles. The Kier molecular flexibility index (Phi) is 6.83. The van der Waals surface area contributed by atoms with E-state index in [9.17, 15) is 4.79 Å². The van der Waals surface area contributed by atoms with Gasteiger partial charge >= 0.3 is 0 Å². The van der Waals surface area contributed by atoms with Crippen molar-refractivity contribution in [1.29, 1.82) is 0 Å². The number of rotatable bonds is 9. The zero-order valence-corrected chi connectivity index (χ0v) is 16.2. The molecule has 0 atom stereocenters. The van der Waals surface area contributed by atoms with Gasteiger partial charge in [0.05, 0.1) is 33.2 Å². The van der Waals surface area contributed by atoms with Crippen LogP contribution in [0, 0.1) is 0 Å². The standard InChI is InChI=1S/C21H22N4O4/c1-27-16-5-3-15(4-6-16)25-21(26)19-13-24-20(14-23-19)22-11-12-29-18-9-7-17(28-2)8-10-18/h3-10,13-14H,11-12H2,1-2H3,(H,22,24)(H,25,26). The molecular formula is C21H22N4O4. The Hall–Kier alpha value is -3.81. The van der Waals surface area contributed by atoms with Crippen molar-refractivity contribution < 1.29 is 19.0 Å². The summed E-state index contributed by atoms with van der Waals surface area (Å²) >= 11 is 0. The zero-order chi connectivity index (χ0) is 20.5. The molecule has 0 aliphatic carbocycles. The number of carbonyl (C=O) groups excluding carboxylic acids is 1. The predicted molar refractivity (Wildman–Crippen MR) is 110 cm³/mol. The summed E-state index contributed by atoms with van der Waals surface area (Å²) < 4.78 is 15.8. The lowest BCUT2D eigenvalue weighted by atomic mass is 10.3. The number of carbonyl (C=O) groups is 1. The van der Waals surface area contributed by atoms with E-state index >= 15 is 0 Å². The Morgan fingerprint density at radius 2 is 1.48 bits per heavy atom. The fraction of sp³-hybridized carbons (Fsp3) is 0.190. The van der Waals surface area contributed by atoms with Gasteiger partial charge in [0, 0.05) is 5.69 Å². The van der Waals surface area contributed by atoms with Gasteiger partial charge in [-0.15, -0.1) is 0 Å². The van der Waals surface area contributed by atoms with Gasteiger partial charge in [0.1, 0.15) is 35.4 Å². The molecule has 0 spiro atoms. The van der Waals surface area contributed by atoms with Crippen LogP contribution in [0.3, 0.4) is 0 Å². The third-order valence-corrected chi connectivity index (χ3v) is 3.97. The van der Waals surface area contributed by atoms with E-state index in [0.29, 0.717) is 30.4 Å². The van der Waals surface area contributed by atoms with Crippen LogP contribution in [0.25, 0.3) is 0 Å². The molecule has 2 N–H and O–H groups in total. The van der Waals surface area contributed by atoms with E-state index in [1.165, 1.54) is 12.4 Å². The molecule has 0 fully saturated rings. The second kappa shape index (κ2) is 9.93. The molecule has 0 unspecified atom stereocenters. The van der Waals surface area contributed by atoms with Crippen molar-refractivity contribution in [2.45, 2.75) is 0 Å². The molecule has 8 nitrogen and oxygen atoms in total. The van der Waals surface area contributed by atoms with Crippen LogP contribution in [0.4, 0.5) is 11.5 Å². The monoisotopic (exact) mass is 394 g/mol. The van der Waals surface area contributed by atoms with Crippen molar-refractivity contribution in [3.05, 3.63) is 66.6 Å². The number of nitrogens with zero attached hydrogens (tertiary/aromatic N) is 2. The molecule has 1 amide bonds. The lowest BCUT2D eigenvalue weighted by Gasteiger charge is -2.09. The molecule has 0 saturated heterocycles. The van der Waals surface area contributed by atoms with Crippen LogP contribution in [-0.4, -0.2) is 43.2 Å². The Balaban J connectivity index is 1.44. The van der Waals surface area contributed by atoms with Crippen LogP contribution in [-0.2, 0) is 0 Å². The van der Waals surface area contributed by atoms with Gasteiger partial charge in [-0.25, -0.2) is 9.97 Å². The van der Waals surface area contributed by atoms with E-state index in [0.717, 1.165) is 11.5 Å². The fourth-order valence-electron chi connectivity index (χ4n) is 2.43. The van der Waals surface area contributed by atoms with Gasteiger partial charge in [-0.1, -0.05) is 0 Å². The molecule has 0 saturated carbocycles. The molecule has 3 aromatic rings. The normalized spacial score (nSPS) is 10.1. The summed E-state index contributed by atoms with van der Waals surface area (Å²) in [5.41, 5.74) is 0.872. The first-order chi connectivity index (χ1) is 14.2. The number of hydrogen-bond donors (Lipinski definition) is 2. The third-order valence-electron chi connectivity index (χ3n) is 3.97. The van der Waals surface area contributed by atoms with E-state index in [1.807, 2.05) is 24.3 Å². The van der Waals surface area contributed by atoms with Crippen molar-refractivity contribution in [2.75, 3.05) is 38.0 Å². The highest BCUT2D eigenvalue weighted by atomic mass is 16.5. The number of hydrogen-bond acceptors (Lipinski definition) is 7. The Morgan fingerprint density at radius 3 is 2.07 bits per heavy atom. The molecule has 0 radical (unpaired) electrons. The van der Waals surface area contributed by atoms with Crippen LogP contribution in [0.5, 0.6) is 17.2 Å². The highest BCUT2D eigenvalue weighted by molar-refractivity contribution is 6.02. The van der Waals surface area contributed by atoms with Crippen LogP contribution < -0.4 is 24.8 Å². The average Bonchev–Trinajstić information content (AvgIpc) is 2.78. The molecule has 0 aliphatic heterocycles. The van der Waals surface area contributed by atoms with E-state index in [2.05, 4.69) is 20.6 Å². The van der Waals surface area contributed by atoms with Crippen molar-refractivity contribution in [3.63, 3.8) is 0 Å². The van der Waals surface area contributed by atoms with Gasteiger partial charge < -0.3 is 24.8 Å². The van der Waals surface area contributed by atoms with Gasteiger partial charge in [-0.3, -0.25) is 4.79 Å². The summed E-state index contributed by atoms with van der Waals surface area (Å²) in [4.78, 5) is 20.6. The van der Waals surface area contributed by atoms with E-state index in [4.69, 9.17) is 14.2 Å². The SMILES string of the molecule is COc1ccc(NC(=O)c2cnc(NCCOc3ccc(OC)cc3)cn2)cc1. The molecular weight excluding hydrogens is 372 g/mol. The Labute approximate surface area is 168 Å². The molecule has 2 aromatic carbocycles. The lowest BCUT2D eigenvalue weighted by Crippen LogP contribution is -2.16. The van der Waals surface area contributed by atoms with Gasteiger partial charge in [0.25, 0.3) is 5.91 Å². The number of benzene rings is 2. The number of aromatic nitrogens is 2. The minimum absolute atomic E-state index is 0.223. The zero-order valence-electron chi connectivity index (χ0n) is 16.2. The number of ether oxygens (including phenoxy) is 3. The van der Waals surface area contributed by atoms with Crippen LogP contribution in [0.2, 0.25) is 0 Å². The summed E-state index contributed by atoms with van der Waals surface area (Å²) in [7, 11) is 3.21. The Bertz CT molecular complexity index is 913. The van der Waals surface area contributed by atoms with Gasteiger partial charge in [0.2, 0.25) is 0 Å². The second-order valence-corrected chi connectivity index (χ2v) is 5.92. The molecule has 29 heavy (non-hydrogen) atoms. The molecule has 1 heterocycles. The van der Waals surface area contributed by atoms with E-state index < -0.39 is 0 Å². The first kappa shape index (κ1) is 19.9. The summed E-state index contributed by atoms with van der Waals surface area (Å²) in [5.74, 6) is 2.47. The highest BCUT2D eigenvalue weighted by Crippen LogP contribution is 2.17. The largest absolute Gasteiger partial charge is 0.497 e. The molecule has 150 valence electrons. The third kappa shape index (κ3) is 5.83. The van der Waals surface area contributed by atoms with Gasteiger partial charge in [-0.2, -0.15) is 0 Å². The predicted octanol–water partition coefficient (Wildman–Crippen LogP) is 3.24. The summed E-state index contributed by atoms with van der Waals surface area (Å²) in [6.07, 6.45) is 2.93. The van der Waals surface area contributed by atoms with Crippen molar-refractivity contribution in [1.82, 2.24) is 9.97 Å². The Morgan fingerprint density at radius 1 is 0.862 bits per heavy atom. The van der Waals surface area contributed by atoms with Gasteiger partial charge in [-0.05, 0) is 48.5 Å². The maximum absolute atomic E-state index is 12.2. The first-order valence-electron chi connectivity index (χ1n) is 8.96. The van der Waals surface area contributed by atoms with Gasteiger partial charge in [0.15, 0.2) is 0 Å². The lowest BCUT2D eigenvalue weighted by molar-refractivity contribution is 0.102. The van der Waals surface area contributed by atoms with Crippen LogP contribution in [0.15, 0.2) is 60.9 Å². The fourth-order valence-corrected chi connectivity index (χ4v) is 2.43. The highest BCUT2D eigenvalue weighted by Gasteiger charge is 2.08. The number of nitrogens with one attached hydrogen (secondary N) is 2. The van der Waals surface area contributed by atoms with E-state index in [1.54, 1.807) is 38.5 Å². The van der Waals surface area contributed by atoms with Crippen molar-refractivity contribution in [2.24, 2.45) is 0 Å². The maximum atomic E-state index is 12.2. The van der Waals surface area contributed by atoms with Crippen LogP contribution in [0.1, 0.15) is 10.5 Å². The second-order valence-electron chi connectivity index (χ2n) is 5.92. The number of anilines is 2. The number of methoxy groups -OCH3 is 2. The summed E-state index contributed by atoms with van der Waals surface area (Å²) in [5, 5.41) is 5.86. The minimum Gasteiger partial charge on any atom is -0.497 e. The molecule has 0 aliphatic rings. The summed E-state index contributed by atoms with van der Waals surface area (Å²) in [6.45, 7) is 0.992. The van der Waals surface area contributed by atoms with Crippen molar-refractivity contribution >= 4 is 17.4 Å². The average molecular weight is 394 g/mol. The van der Waals surface area contributed by atoms with Crippen LogP contribution >= 0.6 is 0 Å². The number of amides is 1. The first-order valence-corrected chi connectivity index (χ1v) is 8.96.